The number of nitrogens with zero attached hydrogens (tertiary/aromatic N) is 1. The van der Waals surface area contributed by atoms with E-state index in [9.17, 15) is 0 Å². The SMILES string of the molecule is CC1(NC2=NCC3(CCCCC3)CS2)CCCOC1. The van der Waals surface area contributed by atoms with E-state index in [4.69, 9.17) is 9.73 Å². The molecule has 4 heteroatoms. The molecule has 0 aromatic carbocycles. The first kappa shape index (κ1) is 13.7. The van der Waals surface area contributed by atoms with E-state index in [-0.39, 0.29) is 5.54 Å². The Kier molecular flexibility index (Phi) is 4.08. The average molecular weight is 282 g/mol. The van der Waals surface area contributed by atoms with E-state index in [1.165, 1.54) is 44.3 Å². The molecule has 3 rings (SSSR count). The van der Waals surface area contributed by atoms with E-state index < -0.39 is 0 Å². The van der Waals surface area contributed by atoms with Gasteiger partial charge in [0.15, 0.2) is 5.17 Å². The molecule has 0 bridgehead atoms. The number of thioether (sulfide) groups is 1. The summed E-state index contributed by atoms with van der Waals surface area (Å²) in [6, 6.07) is 0. The molecular weight excluding hydrogens is 256 g/mol. The van der Waals surface area contributed by atoms with Gasteiger partial charge in [0.1, 0.15) is 0 Å². The summed E-state index contributed by atoms with van der Waals surface area (Å²) < 4.78 is 5.61. The van der Waals surface area contributed by atoms with Crippen LogP contribution < -0.4 is 5.32 Å². The normalized spacial score (nSPS) is 34.9. The molecule has 2 heterocycles. The van der Waals surface area contributed by atoms with Gasteiger partial charge in [-0.2, -0.15) is 0 Å². The summed E-state index contributed by atoms with van der Waals surface area (Å²) in [5.74, 6) is 1.26. The Bertz CT molecular complexity index is 344. The first-order chi connectivity index (χ1) is 9.20. The van der Waals surface area contributed by atoms with Crippen molar-refractivity contribution < 1.29 is 4.74 Å². The number of aliphatic imine (C=N–C) groups is 1. The van der Waals surface area contributed by atoms with Crippen LogP contribution in [0.15, 0.2) is 4.99 Å². The molecule has 2 fully saturated rings. The fourth-order valence-corrected chi connectivity index (χ4v) is 4.82. The maximum atomic E-state index is 5.61. The second-order valence-corrected chi connectivity index (χ2v) is 7.78. The molecule has 1 aliphatic carbocycles. The minimum Gasteiger partial charge on any atom is -0.379 e. The molecule has 0 aromatic heterocycles. The van der Waals surface area contributed by atoms with Gasteiger partial charge in [-0.05, 0) is 38.0 Å². The van der Waals surface area contributed by atoms with Crippen LogP contribution in [-0.2, 0) is 4.74 Å². The summed E-state index contributed by atoms with van der Waals surface area (Å²) in [5.41, 5.74) is 0.624. The summed E-state index contributed by atoms with van der Waals surface area (Å²) in [6.07, 6.45) is 9.36. The highest BCUT2D eigenvalue weighted by atomic mass is 32.2. The average Bonchev–Trinajstić information content (AvgIpc) is 2.43. The van der Waals surface area contributed by atoms with Gasteiger partial charge in [-0.25, -0.2) is 0 Å². The van der Waals surface area contributed by atoms with E-state index in [0.29, 0.717) is 5.41 Å². The van der Waals surface area contributed by atoms with Gasteiger partial charge in [0.2, 0.25) is 0 Å². The second-order valence-electron chi connectivity index (χ2n) is 6.81. The van der Waals surface area contributed by atoms with Crippen molar-refractivity contribution in [1.29, 1.82) is 0 Å². The lowest BCUT2D eigenvalue weighted by Crippen LogP contribution is -2.52. The summed E-state index contributed by atoms with van der Waals surface area (Å²) in [7, 11) is 0. The Balaban J connectivity index is 1.58. The van der Waals surface area contributed by atoms with Crippen LogP contribution in [0.25, 0.3) is 0 Å². The minimum atomic E-state index is 0.0984. The van der Waals surface area contributed by atoms with Gasteiger partial charge in [-0.3, -0.25) is 4.99 Å². The van der Waals surface area contributed by atoms with Crippen molar-refractivity contribution >= 4 is 16.9 Å². The van der Waals surface area contributed by atoms with Crippen LogP contribution in [0.3, 0.4) is 0 Å². The van der Waals surface area contributed by atoms with Crippen LogP contribution in [0.1, 0.15) is 51.9 Å². The summed E-state index contributed by atoms with van der Waals surface area (Å²) in [4.78, 5) is 4.86. The lowest BCUT2D eigenvalue weighted by Gasteiger charge is -2.41. The number of ether oxygens (including phenoxy) is 1. The Morgan fingerprint density at radius 3 is 2.63 bits per heavy atom. The fraction of sp³-hybridized carbons (Fsp3) is 0.933. The summed E-state index contributed by atoms with van der Waals surface area (Å²) in [6.45, 7) is 5.04. The van der Waals surface area contributed by atoms with Crippen molar-refractivity contribution in [2.45, 2.75) is 57.4 Å². The highest BCUT2D eigenvalue weighted by Crippen LogP contribution is 2.41. The molecule has 1 atom stereocenters. The zero-order valence-corrected chi connectivity index (χ0v) is 12.9. The predicted octanol–water partition coefficient (Wildman–Crippen LogP) is 3.20. The zero-order chi connectivity index (χ0) is 13.2. The quantitative estimate of drug-likeness (QED) is 0.802. The zero-order valence-electron chi connectivity index (χ0n) is 12.0. The molecule has 3 nitrogen and oxygen atoms in total. The predicted molar refractivity (Wildman–Crippen MR) is 81.9 cm³/mol. The Hall–Kier alpha value is -0.220. The molecule has 1 saturated heterocycles. The Morgan fingerprint density at radius 2 is 2.00 bits per heavy atom. The molecule has 1 N–H and O–H groups in total. The third-order valence-electron chi connectivity index (χ3n) is 4.83. The number of nitrogens with one attached hydrogen (secondary N) is 1. The van der Waals surface area contributed by atoms with Crippen molar-refractivity contribution in [2.75, 3.05) is 25.5 Å². The van der Waals surface area contributed by atoms with Gasteiger partial charge < -0.3 is 10.1 Å². The molecule has 0 amide bonds. The molecular formula is C15H26N2OS. The van der Waals surface area contributed by atoms with Crippen molar-refractivity contribution in [1.82, 2.24) is 5.32 Å². The van der Waals surface area contributed by atoms with Crippen molar-refractivity contribution in [3.63, 3.8) is 0 Å². The van der Waals surface area contributed by atoms with E-state index >= 15 is 0 Å². The number of amidine groups is 1. The molecule has 108 valence electrons. The highest BCUT2D eigenvalue weighted by molar-refractivity contribution is 8.13. The lowest BCUT2D eigenvalue weighted by molar-refractivity contribution is 0.0374. The van der Waals surface area contributed by atoms with Gasteiger partial charge in [-0.1, -0.05) is 31.0 Å². The van der Waals surface area contributed by atoms with Crippen LogP contribution in [0, 0.1) is 5.41 Å². The molecule has 3 aliphatic rings. The Labute approximate surface area is 121 Å². The molecule has 0 aromatic rings. The van der Waals surface area contributed by atoms with Gasteiger partial charge in [0.05, 0.1) is 12.1 Å². The standard InChI is InChI=1S/C15H26N2OS/c1-14(6-5-9-18-11-14)17-13-16-10-15(12-19-13)7-3-2-4-8-15/h2-12H2,1H3,(H,16,17). The molecule has 2 aliphatic heterocycles. The largest absolute Gasteiger partial charge is 0.379 e. The van der Waals surface area contributed by atoms with E-state index in [1.54, 1.807) is 0 Å². The van der Waals surface area contributed by atoms with E-state index in [1.807, 2.05) is 11.8 Å². The molecule has 0 radical (unpaired) electrons. The Morgan fingerprint density at radius 1 is 1.16 bits per heavy atom. The van der Waals surface area contributed by atoms with Crippen molar-refractivity contribution in [2.24, 2.45) is 10.4 Å². The maximum absolute atomic E-state index is 5.61. The van der Waals surface area contributed by atoms with Gasteiger partial charge in [0.25, 0.3) is 0 Å². The van der Waals surface area contributed by atoms with Crippen LogP contribution in [0.5, 0.6) is 0 Å². The van der Waals surface area contributed by atoms with Gasteiger partial charge >= 0.3 is 0 Å². The van der Waals surface area contributed by atoms with E-state index in [0.717, 1.165) is 31.3 Å². The molecule has 1 spiro atoms. The third-order valence-corrected chi connectivity index (χ3v) is 6.10. The molecule has 1 unspecified atom stereocenters. The summed E-state index contributed by atoms with van der Waals surface area (Å²) in [5, 5.41) is 4.80. The van der Waals surface area contributed by atoms with Crippen LogP contribution in [0.2, 0.25) is 0 Å². The number of hydrogen-bond acceptors (Lipinski definition) is 4. The smallest absolute Gasteiger partial charge is 0.157 e. The monoisotopic (exact) mass is 282 g/mol. The van der Waals surface area contributed by atoms with E-state index in [2.05, 4.69) is 12.2 Å². The second kappa shape index (κ2) is 5.65. The lowest BCUT2D eigenvalue weighted by atomic mass is 9.75. The first-order valence-electron chi connectivity index (χ1n) is 7.73. The molecule has 1 saturated carbocycles. The minimum absolute atomic E-state index is 0.0984. The van der Waals surface area contributed by atoms with Crippen LogP contribution in [-0.4, -0.2) is 36.2 Å². The highest BCUT2D eigenvalue weighted by Gasteiger charge is 2.36. The van der Waals surface area contributed by atoms with Crippen LogP contribution >= 0.6 is 11.8 Å². The van der Waals surface area contributed by atoms with Gasteiger partial charge in [0, 0.05) is 18.9 Å². The number of rotatable bonds is 1. The summed E-state index contributed by atoms with van der Waals surface area (Å²) >= 11 is 1.94. The molecule has 19 heavy (non-hydrogen) atoms. The van der Waals surface area contributed by atoms with Gasteiger partial charge in [-0.15, -0.1) is 0 Å². The fourth-order valence-electron chi connectivity index (χ4n) is 3.52. The topological polar surface area (TPSA) is 33.6 Å². The van der Waals surface area contributed by atoms with Crippen LogP contribution in [0.4, 0.5) is 0 Å². The number of hydrogen-bond donors (Lipinski definition) is 1. The van der Waals surface area contributed by atoms with Crippen molar-refractivity contribution in [3.05, 3.63) is 0 Å². The first-order valence-corrected chi connectivity index (χ1v) is 8.72. The maximum Gasteiger partial charge on any atom is 0.157 e. The van der Waals surface area contributed by atoms with Crippen molar-refractivity contribution in [3.8, 4) is 0 Å². The third kappa shape index (κ3) is 3.27.